The fourth-order valence-corrected chi connectivity index (χ4v) is 2.84. The number of nitrogens with zero attached hydrogens (tertiary/aromatic N) is 1. The van der Waals surface area contributed by atoms with E-state index < -0.39 is 0 Å². The summed E-state index contributed by atoms with van der Waals surface area (Å²) in [5.41, 5.74) is 0.359. The summed E-state index contributed by atoms with van der Waals surface area (Å²) in [6.45, 7) is 10.8. The number of morpholine rings is 1. The summed E-state index contributed by atoms with van der Waals surface area (Å²) in [4.78, 5) is 17.3. The minimum atomic E-state index is -0.135. The third kappa shape index (κ3) is 4.22. The molecule has 0 aromatic carbocycles. The molecule has 0 bridgehead atoms. The van der Waals surface area contributed by atoms with E-state index in [9.17, 15) is 4.79 Å². The number of aromatic nitrogens is 1. The Morgan fingerprint density at radius 3 is 2.62 bits per heavy atom. The normalized spacial score (nSPS) is 24.0. The van der Waals surface area contributed by atoms with E-state index >= 15 is 0 Å². The summed E-state index contributed by atoms with van der Waals surface area (Å²) < 4.78 is 5.76. The van der Waals surface area contributed by atoms with Gasteiger partial charge < -0.3 is 15.0 Å². The SMILES string of the molecule is C[C@H]1CN(C(C)(C)CNC(=O)c2cc(Cl)c[nH]2)C[C@H](C)O1. The molecule has 0 spiro atoms. The topological polar surface area (TPSA) is 57.4 Å². The van der Waals surface area contributed by atoms with Crippen molar-refractivity contribution in [2.45, 2.75) is 45.4 Å². The molecule has 6 heteroatoms. The predicted octanol–water partition coefficient (Wildman–Crippen LogP) is 2.29. The molecule has 2 heterocycles. The van der Waals surface area contributed by atoms with E-state index in [1.54, 1.807) is 12.3 Å². The number of amides is 1. The Morgan fingerprint density at radius 1 is 1.48 bits per heavy atom. The van der Waals surface area contributed by atoms with Gasteiger partial charge in [0.15, 0.2) is 0 Å². The van der Waals surface area contributed by atoms with Gasteiger partial charge in [0, 0.05) is 31.4 Å². The number of nitrogens with one attached hydrogen (secondary N) is 2. The smallest absolute Gasteiger partial charge is 0.267 e. The zero-order valence-corrected chi connectivity index (χ0v) is 13.8. The van der Waals surface area contributed by atoms with E-state index in [1.807, 2.05) is 0 Å². The van der Waals surface area contributed by atoms with E-state index in [1.165, 1.54) is 0 Å². The molecule has 21 heavy (non-hydrogen) atoms. The van der Waals surface area contributed by atoms with E-state index in [4.69, 9.17) is 16.3 Å². The van der Waals surface area contributed by atoms with Crippen molar-refractivity contribution in [3.8, 4) is 0 Å². The zero-order chi connectivity index (χ0) is 15.6. The van der Waals surface area contributed by atoms with Crippen molar-refractivity contribution in [1.29, 1.82) is 0 Å². The number of aromatic amines is 1. The zero-order valence-electron chi connectivity index (χ0n) is 13.1. The first-order chi connectivity index (χ1) is 9.78. The molecule has 5 nitrogen and oxygen atoms in total. The third-order valence-electron chi connectivity index (χ3n) is 3.85. The molecular weight excluding hydrogens is 290 g/mol. The van der Waals surface area contributed by atoms with Crippen molar-refractivity contribution in [3.63, 3.8) is 0 Å². The van der Waals surface area contributed by atoms with Gasteiger partial charge in [-0.2, -0.15) is 0 Å². The molecule has 1 aromatic rings. The second kappa shape index (κ2) is 6.38. The standard InChI is InChI=1S/C15H24ClN3O2/c1-10-7-19(8-11(2)21-10)15(3,4)9-18-14(20)13-5-12(16)6-17-13/h5-6,10-11,17H,7-9H2,1-4H3,(H,18,20)/t10-,11-/m0/s1. The maximum Gasteiger partial charge on any atom is 0.267 e. The van der Waals surface area contributed by atoms with Gasteiger partial charge in [0.1, 0.15) is 5.69 Å². The summed E-state index contributed by atoms with van der Waals surface area (Å²) >= 11 is 5.81. The lowest BCUT2D eigenvalue weighted by Gasteiger charge is -2.45. The summed E-state index contributed by atoms with van der Waals surface area (Å²) in [6, 6.07) is 1.63. The van der Waals surface area contributed by atoms with Gasteiger partial charge in [0.25, 0.3) is 5.91 Å². The molecule has 0 unspecified atom stereocenters. The van der Waals surface area contributed by atoms with Gasteiger partial charge in [-0.25, -0.2) is 0 Å². The van der Waals surface area contributed by atoms with Crippen LogP contribution in [0.15, 0.2) is 12.3 Å². The Morgan fingerprint density at radius 2 is 2.10 bits per heavy atom. The van der Waals surface area contributed by atoms with Crippen LogP contribution in [-0.4, -0.2) is 53.2 Å². The fraction of sp³-hybridized carbons (Fsp3) is 0.667. The van der Waals surface area contributed by atoms with Gasteiger partial charge in [-0.1, -0.05) is 11.6 Å². The average molecular weight is 314 g/mol. The highest BCUT2D eigenvalue weighted by molar-refractivity contribution is 6.30. The van der Waals surface area contributed by atoms with Gasteiger partial charge in [-0.15, -0.1) is 0 Å². The molecule has 1 aromatic heterocycles. The van der Waals surface area contributed by atoms with Crippen molar-refractivity contribution in [3.05, 3.63) is 23.0 Å². The molecule has 0 saturated carbocycles. The Bertz CT molecular complexity index is 491. The molecule has 1 saturated heterocycles. The van der Waals surface area contributed by atoms with Crippen LogP contribution in [0, 0.1) is 0 Å². The molecule has 2 atom stereocenters. The summed E-state index contributed by atoms with van der Waals surface area (Å²) in [7, 11) is 0. The number of ether oxygens (including phenoxy) is 1. The molecule has 2 N–H and O–H groups in total. The van der Waals surface area contributed by atoms with E-state index in [0.717, 1.165) is 13.1 Å². The molecule has 1 aliphatic rings. The summed E-state index contributed by atoms with van der Waals surface area (Å²) in [6.07, 6.45) is 2.03. The number of halogens is 1. The number of hydrogen-bond donors (Lipinski definition) is 2. The predicted molar refractivity (Wildman–Crippen MR) is 83.8 cm³/mol. The van der Waals surface area contributed by atoms with Crippen LogP contribution in [0.1, 0.15) is 38.2 Å². The van der Waals surface area contributed by atoms with Gasteiger partial charge >= 0.3 is 0 Å². The second-order valence-corrected chi connectivity index (χ2v) is 6.83. The molecule has 1 aliphatic heterocycles. The number of carbonyl (C=O) groups excluding carboxylic acids is 1. The molecule has 0 aliphatic carbocycles. The minimum absolute atomic E-state index is 0.127. The monoisotopic (exact) mass is 313 g/mol. The first-order valence-electron chi connectivity index (χ1n) is 7.30. The Kier molecular flexibility index (Phi) is 4.96. The Labute approximate surface area is 131 Å². The first-order valence-corrected chi connectivity index (χ1v) is 7.68. The van der Waals surface area contributed by atoms with E-state index in [2.05, 4.69) is 42.9 Å². The van der Waals surface area contributed by atoms with E-state index in [0.29, 0.717) is 17.3 Å². The Hall–Kier alpha value is -1.04. The van der Waals surface area contributed by atoms with Gasteiger partial charge in [0.05, 0.1) is 17.2 Å². The minimum Gasteiger partial charge on any atom is -0.373 e. The quantitative estimate of drug-likeness (QED) is 0.896. The lowest BCUT2D eigenvalue weighted by Crippen LogP contribution is -2.58. The van der Waals surface area contributed by atoms with Crippen molar-refractivity contribution < 1.29 is 9.53 Å². The Balaban J connectivity index is 1.92. The number of H-pyrrole nitrogens is 1. The lowest BCUT2D eigenvalue weighted by molar-refractivity contribution is -0.0948. The van der Waals surface area contributed by atoms with E-state index in [-0.39, 0.29) is 23.7 Å². The van der Waals surface area contributed by atoms with Crippen molar-refractivity contribution in [2.75, 3.05) is 19.6 Å². The molecule has 0 radical (unpaired) electrons. The highest BCUT2D eigenvalue weighted by atomic mass is 35.5. The lowest BCUT2D eigenvalue weighted by atomic mass is 10.00. The fourth-order valence-electron chi connectivity index (χ4n) is 2.67. The number of rotatable bonds is 4. The summed E-state index contributed by atoms with van der Waals surface area (Å²) in [5, 5.41) is 3.51. The van der Waals surface area contributed by atoms with Crippen LogP contribution in [0.25, 0.3) is 0 Å². The first kappa shape index (κ1) is 16.3. The molecule has 118 valence electrons. The van der Waals surface area contributed by atoms with Crippen molar-refractivity contribution >= 4 is 17.5 Å². The van der Waals surface area contributed by atoms with Crippen LogP contribution in [0.2, 0.25) is 5.02 Å². The number of hydrogen-bond acceptors (Lipinski definition) is 3. The molecule has 2 rings (SSSR count). The highest BCUT2D eigenvalue weighted by Gasteiger charge is 2.33. The summed E-state index contributed by atoms with van der Waals surface area (Å²) in [5.74, 6) is -0.135. The van der Waals surface area contributed by atoms with Crippen LogP contribution in [0.3, 0.4) is 0 Å². The molecule has 1 fully saturated rings. The van der Waals surface area contributed by atoms with Crippen LogP contribution in [0.4, 0.5) is 0 Å². The third-order valence-corrected chi connectivity index (χ3v) is 4.07. The largest absolute Gasteiger partial charge is 0.373 e. The average Bonchev–Trinajstić information content (AvgIpc) is 2.82. The van der Waals surface area contributed by atoms with Crippen LogP contribution in [0.5, 0.6) is 0 Å². The number of carbonyl (C=O) groups is 1. The molecule has 1 amide bonds. The van der Waals surface area contributed by atoms with Crippen molar-refractivity contribution in [2.24, 2.45) is 0 Å². The van der Waals surface area contributed by atoms with Crippen LogP contribution in [-0.2, 0) is 4.74 Å². The molecular formula is C15H24ClN3O2. The highest BCUT2D eigenvalue weighted by Crippen LogP contribution is 2.20. The van der Waals surface area contributed by atoms with Gasteiger partial charge in [-0.3, -0.25) is 9.69 Å². The maximum absolute atomic E-state index is 12.1. The van der Waals surface area contributed by atoms with Crippen molar-refractivity contribution in [1.82, 2.24) is 15.2 Å². The van der Waals surface area contributed by atoms with Crippen LogP contribution < -0.4 is 5.32 Å². The maximum atomic E-state index is 12.1. The van der Waals surface area contributed by atoms with Gasteiger partial charge in [-0.05, 0) is 33.8 Å². The van der Waals surface area contributed by atoms with Gasteiger partial charge in [0.2, 0.25) is 0 Å². The van der Waals surface area contributed by atoms with Crippen LogP contribution >= 0.6 is 11.6 Å². The second-order valence-electron chi connectivity index (χ2n) is 6.39.